The topological polar surface area (TPSA) is 12.5 Å². The van der Waals surface area contributed by atoms with Gasteiger partial charge in [-0.05, 0) is 40.5 Å². The Balaban J connectivity index is 0.00000144. The van der Waals surface area contributed by atoms with Crippen molar-refractivity contribution in [1.82, 2.24) is 4.90 Å². The zero-order valence-electron chi connectivity index (χ0n) is 8.71. The summed E-state index contributed by atoms with van der Waals surface area (Å²) >= 11 is 0. The van der Waals surface area contributed by atoms with Crippen LogP contribution in [0.15, 0.2) is 0 Å². The summed E-state index contributed by atoms with van der Waals surface area (Å²) in [7, 11) is 0. The van der Waals surface area contributed by atoms with Gasteiger partial charge in [0.15, 0.2) is 0 Å². The zero-order chi connectivity index (χ0) is 9.14. The van der Waals surface area contributed by atoms with Crippen LogP contribution < -0.4 is 0 Å². The number of rotatable bonds is 3. The molecule has 1 aliphatic rings. The first kappa shape index (κ1) is 13.5. The molecule has 0 spiro atoms. The van der Waals surface area contributed by atoms with Crippen molar-refractivity contribution < 1.29 is 4.74 Å². The molecule has 2 nitrogen and oxygen atoms in total. The average molecular weight is 179 g/mol. The van der Waals surface area contributed by atoms with E-state index in [1.807, 2.05) is 0 Å². The van der Waals surface area contributed by atoms with Gasteiger partial charge >= 0.3 is 18.9 Å². The Labute approximate surface area is 94.2 Å². The van der Waals surface area contributed by atoms with Crippen LogP contribution in [0.25, 0.3) is 0 Å². The molecule has 0 radical (unpaired) electrons. The minimum atomic E-state index is 0. The molecule has 1 aliphatic heterocycles. The van der Waals surface area contributed by atoms with Gasteiger partial charge in [0.05, 0.1) is 0 Å². The fourth-order valence-electron chi connectivity index (χ4n) is 2.06. The number of hydrogen-bond acceptors (Lipinski definition) is 2. The van der Waals surface area contributed by atoms with Crippen molar-refractivity contribution in [3.05, 3.63) is 0 Å². The molecular weight excluding hydrogens is 157 g/mol. The normalized spacial score (nSPS) is 22.8. The summed E-state index contributed by atoms with van der Waals surface area (Å²) in [5.74, 6) is 0. The van der Waals surface area contributed by atoms with Gasteiger partial charge in [-0.15, -0.1) is 0 Å². The van der Waals surface area contributed by atoms with Crippen LogP contribution in [0.4, 0.5) is 0 Å². The summed E-state index contributed by atoms with van der Waals surface area (Å²) in [6, 6.07) is 1.18. The molecule has 74 valence electrons. The van der Waals surface area contributed by atoms with E-state index >= 15 is 0 Å². The van der Waals surface area contributed by atoms with Crippen LogP contribution in [-0.2, 0) is 4.74 Å². The van der Waals surface area contributed by atoms with Crippen molar-refractivity contribution in [2.75, 3.05) is 6.61 Å². The standard InChI is InChI=1S/C10H21NO.Li.H/c1-8(2)11(9(3)4)10-6-5-7-12-10;;/h8-10H,5-7H2,1-4H3;;. The van der Waals surface area contributed by atoms with E-state index in [4.69, 9.17) is 4.74 Å². The van der Waals surface area contributed by atoms with Crippen molar-refractivity contribution >= 4 is 18.9 Å². The third-order valence-corrected chi connectivity index (χ3v) is 2.43. The van der Waals surface area contributed by atoms with E-state index < -0.39 is 0 Å². The molecule has 0 aromatic rings. The van der Waals surface area contributed by atoms with E-state index in [1.54, 1.807) is 0 Å². The van der Waals surface area contributed by atoms with Crippen molar-refractivity contribution in [3.63, 3.8) is 0 Å². The first-order valence-electron chi connectivity index (χ1n) is 5.02. The van der Waals surface area contributed by atoms with Gasteiger partial charge in [-0.1, -0.05) is 0 Å². The van der Waals surface area contributed by atoms with E-state index in [2.05, 4.69) is 32.6 Å². The molecule has 0 saturated carbocycles. The van der Waals surface area contributed by atoms with Crippen LogP contribution in [0.5, 0.6) is 0 Å². The van der Waals surface area contributed by atoms with Crippen LogP contribution in [0.1, 0.15) is 40.5 Å². The average Bonchev–Trinajstić information content (AvgIpc) is 2.37. The molecule has 0 aromatic heterocycles. The second kappa shape index (κ2) is 6.09. The Morgan fingerprint density at radius 2 is 1.69 bits per heavy atom. The van der Waals surface area contributed by atoms with E-state index in [9.17, 15) is 0 Å². The molecule has 1 unspecified atom stereocenters. The van der Waals surface area contributed by atoms with Crippen LogP contribution in [0.3, 0.4) is 0 Å². The van der Waals surface area contributed by atoms with E-state index in [-0.39, 0.29) is 18.9 Å². The summed E-state index contributed by atoms with van der Waals surface area (Å²) in [5, 5.41) is 0. The predicted molar refractivity (Wildman–Crippen MR) is 58.2 cm³/mol. The molecule has 0 amide bonds. The van der Waals surface area contributed by atoms with Crippen LogP contribution >= 0.6 is 0 Å². The molecule has 1 heterocycles. The Morgan fingerprint density at radius 3 is 2.00 bits per heavy atom. The third-order valence-electron chi connectivity index (χ3n) is 2.43. The summed E-state index contributed by atoms with van der Waals surface area (Å²) in [4.78, 5) is 2.45. The van der Waals surface area contributed by atoms with E-state index in [0.29, 0.717) is 18.3 Å². The van der Waals surface area contributed by atoms with Crippen LogP contribution in [-0.4, -0.2) is 48.7 Å². The van der Waals surface area contributed by atoms with Crippen molar-refractivity contribution in [1.29, 1.82) is 0 Å². The van der Waals surface area contributed by atoms with Gasteiger partial charge in [0.2, 0.25) is 0 Å². The Morgan fingerprint density at radius 1 is 1.15 bits per heavy atom. The predicted octanol–water partition coefficient (Wildman–Crippen LogP) is 1.59. The second-order valence-electron chi connectivity index (χ2n) is 4.10. The summed E-state index contributed by atoms with van der Waals surface area (Å²) in [5.41, 5.74) is 0. The Kier molecular flexibility index (Phi) is 6.33. The van der Waals surface area contributed by atoms with Gasteiger partial charge in [0.25, 0.3) is 0 Å². The van der Waals surface area contributed by atoms with Gasteiger partial charge < -0.3 is 4.74 Å². The number of ether oxygens (including phenoxy) is 1. The molecule has 13 heavy (non-hydrogen) atoms. The molecule has 1 atom stereocenters. The SMILES string of the molecule is CC(C)N(C(C)C)C1CCCO1.[LiH]. The molecule has 0 aromatic carbocycles. The molecule has 0 N–H and O–H groups in total. The van der Waals surface area contributed by atoms with E-state index in [1.165, 1.54) is 12.8 Å². The maximum absolute atomic E-state index is 5.66. The van der Waals surface area contributed by atoms with Crippen molar-refractivity contribution in [2.45, 2.75) is 58.8 Å². The van der Waals surface area contributed by atoms with Gasteiger partial charge in [-0.25, -0.2) is 0 Å². The van der Waals surface area contributed by atoms with Gasteiger partial charge in [0.1, 0.15) is 6.23 Å². The molecule has 0 aliphatic carbocycles. The van der Waals surface area contributed by atoms with Gasteiger partial charge in [0, 0.05) is 18.7 Å². The number of nitrogens with zero attached hydrogens (tertiary/aromatic N) is 1. The Bertz CT molecular complexity index is 125. The fraction of sp³-hybridized carbons (Fsp3) is 1.00. The van der Waals surface area contributed by atoms with Crippen LogP contribution in [0.2, 0.25) is 0 Å². The molecule has 0 bridgehead atoms. The van der Waals surface area contributed by atoms with Crippen molar-refractivity contribution in [2.24, 2.45) is 0 Å². The molecule has 1 saturated heterocycles. The first-order chi connectivity index (χ1) is 5.63. The quantitative estimate of drug-likeness (QED) is 0.610. The summed E-state index contributed by atoms with van der Waals surface area (Å²) in [6.45, 7) is 9.90. The fourth-order valence-corrected chi connectivity index (χ4v) is 2.06. The molecular formula is C10H22LiNO. The zero-order valence-corrected chi connectivity index (χ0v) is 8.71. The summed E-state index contributed by atoms with van der Waals surface area (Å²) < 4.78 is 5.66. The summed E-state index contributed by atoms with van der Waals surface area (Å²) in [6.07, 6.45) is 2.81. The Hall–Kier alpha value is 0.517. The van der Waals surface area contributed by atoms with Gasteiger partial charge in [-0.2, -0.15) is 0 Å². The van der Waals surface area contributed by atoms with Crippen molar-refractivity contribution in [3.8, 4) is 0 Å². The minimum absolute atomic E-state index is 0. The first-order valence-corrected chi connectivity index (χ1v) is 5.02. The third kappa shape index (κ3) is 3.63. The molecule has 3 heteroatoms. The maximum atomic E-state index is 5.66. The number of hydrogen-bond donors (Lipinski definition) is 0. The van der Waals surface area contributed by atoms with E-state index in [0.717, 1.165) is 6.61 Å². The van der Waals surface area contributed by atoms with Crippen LogP contribution in [0, 0.1) is 0 Å². The monoisotopic (exact) mass is 179 g/mol. The molecule has 1 fully saturated rings. The molecule has 1 rings (SSSR count). The van der Waals surface area contributed by atoms with Gasteiger partial charge in [-0.3, -0.25) is 4.90 Å². The second-order valence-corrected chi connectivity index (χ2v) is 4.10.